The van der Waals surface area contributed by atoms with Crippen molar-refractivity contribution in [3.05, 3.63) is 56.2 Å². The number of benzene rings is 1. The van der Waals surface area contributed by atoms with Crippen molar-refractivity contribution in [3.8, 4) is 0 Å². The number of fused-ring (bicyclic) bond motifs is 1. The summed E-state index contributed by atoms with van der Waals surface area (Å²) in [6.45, 7) is 5.93. The lowest BCUT2D eigenvalue weighted by molar-refractivity contribution is 0.571. The van der Waals surface area contributed by atoms with Crippen LogP contribution in [0.1, 0.15) is 11.1 Å². The van der Waals surface area contributed by atoms with Crippen LogP contribution in [0.2, 0.25) is 0 Å². The summed E-state index contributed by atoms with van der Waals surface area (Å²) in [6, 6.07) is 8.25. The Kier molecular flexibility index (Phi) is 4.35. The highest BCUT2D eigenvalue weighted by Gasteiger charge is 2.23. The van der Waals surface area contributed by atoms with Gasteiger partial charge in [0.1, 0.15) is 0 Å². The number of hydrogen-bond donors (Lipinski definition) is 1. The van der Waals surface area contributed by atoms with E-state index < -0.39 is 0 Å². The average Bonchev–Trinajstić information content (AvgIpc) is 3.06. The minimum absolute atomic E-state index is 0.311. The zero-order chi connectivity index (χ0) is 19.1. The van der Waals surface area contributed by atoms with Gasteiger partial charge >= 0.3 is 5.69 Å². The summed E-state index contributed by atoms with van der Waals surface area (Å²) in [5.41, 5.74) is 2.51. The molecule has 1 saturated heterocycles. The number of nitrogens with one attached hydrogen (secondary N) is 1. The smallest absolute Gasteiger partial charge is 0.332 e. The molecule has 142 valence electrons. The Morgan fingerprint density at radius 3 is 2.37 bits per heavy atom. The second-order valence-electron chi connectivity index (χ2n) is 7.10. The van der Waals surface area contributed by atoms with E-state index in [2.05, 4.69) is 34.5 Å². The summed E-state index contributed by atoms with van der Waals surface area (Å²) in [5, 5.41) is 3.33. The van der Waals surface area contributed by atoms with E-state index in [1.807, 2.05) is 11.5 Å². The van der Waals surface area contributed by atoms with E-state index in [1.54, 1.807) is 7.05 Å². The fourth-order valence-electron chi connectivity index (χ4n) is 3.57. The Hall–Kier alpha value is -2.87. The Balaban J connectivity index is 1.95. The van der Waals surface area contributed by atoms with Gasteiger partial charge in [-0.15, -0.1) is 0 Å². The van der Waals surface area contributed by atoms with Crippen LogP contribution in [0.25, 0.3) is 11.2 Å². The molecule has 1 N–H and O–H groups in total. The standard InChI is InChI=1S/C19H24N6O2/c1-13-4-6-14(7-5-13)12-25-15-16(22(2)19(27)23(3)17(15)26)21-18(25)24-10-8-20-9-11-24/h4-7,20H,8-12H2,1-3H3. The predicted molar refractivity (Wildman–Crippen MR) is 106 cm³/mol. The molecule has 0 amide bonds. The maximum atomic E-state index is 12.9. The highest BCUT2D eigenvalue weighted by atomic mass is 16.2. The van der Waals surface area contributed by atoms with Gasteiger partial charge in [-0.2, -0.15) is 4.98 Å². The Labute approximate surface area is 156 Å². The number of rotatable bonds is 3. The van der Waals surface area contributed by atoms with Gasteiger partial charge in [0, 0.05) is 40.3 Å². The van der Waals surface area contributed by atoms with Crippen LogP contribution < -0.4 is 21.5 Å². The largest absolute Gasteiger partial charge is 0.340 e. The maximum Gasteiger partial charge on any atom is 0.332 e. The molecule has 3 heterocycles. The van der Waals surface area contributed by atoms with Crippen LogP contribution in [-0.2, 0) is 20.6 Å². The molecule has 3 aromatic rings. The van der Waals surface area contributed by atoms with E-state index >= 15 is 0 Å². The summed E-state index contributed by atoms with van der Waals surface area (Å²) >= 11 is 0. The summed E-state index contributed by atoms with van der Waals surface area (Å²) in [4.78, 5) is 32.2. The highest BCUT2D eigenvalue weighted by Crippen LogP contribution is 2.22. The van der Waals surface area contributed by atoms with Crippen molar-refractivity contribution in [1.29, 1.82) is 0 Å². The normalized spacial score (nSPS) is 14.9. The molecule has 0 spiro atoms. The minimum Gasteiger partial charge on any atom is -0.340 e. The Morgan fingerprint density at radius 2 is 1.70 bits per heavy atom. The highest BCUT2D eigenvalue weighted by molar-refractivity contribution is 5.74. The van der Waals surface area contributed by atoms with Gasteiger partial charge in [-0.25, -0.2) is 4.79 Å². The van der Waals surface area contributed by atoms with E-state index in [9.17, 15) is 9.59 Å². The lowest BCUT2D eigenvalue weighted by Gasteiger charge is -2.28. The predicted octanol–water partition coefficient (Wildman–Crippen LogP) is 0.200. The first-order valence-corrected chi connectivity index (χ1v) is 9.15. The zero-order valence-electron chi connectivity index (χ0n) is 15.9. The fourth-order valence-corrected chi connectivity index (χ4v) is 3.57. The summed E-state index contributed by atoms with van der Waals surface area (Å²) < 4.78 is 4.55. The van der Waals surface area contributed by atoms with Crippen LogP contribution in [0.5, 0.6) is 0 Å². The second kappa shape index (κ2) is 6.70. The summed E-state index contributed by atoms with van der Waals surface area (Å²) in [7, 11) is 3.17. The van der Waals surface area contributed by atoms with Crippen molar-refractivity contribution in [2.75, 3.05) is 31.1 Å². The van der Waals surface area contributed by atoms with Gasteiger partial charge in [-0.1, -0.05) is 29.8 Å². The van der Waals surface area contributed by atoms with Crippen LogP contribution in [0.15, 0.2) is 33.9 Å². The first kappa shape index (κ1) is 17.5. The number of aromatic nitrogens is 4. The van der Waals surface area contributed by atoms with Gasteiger partial charge in [-0.05, 0) is 12.5 Å². The number of nitrogens with zero attached hydrogens (tertiary/aromatic N) is 5. The van der Waals surface area contributed by atoms with Crippen LogP contribution in [-0.4, -0.2) is 44.9 Å². The van der Waals surface area contributed by atoms with Crippen molar-refractivity contribution >= 4 is 17.1 Å². The summed E-state index contributed by atoms with van der Waals surface area (Å²) in [5.74, 6) is 0.741. The number of hydrogen-bond acceptors (Lipinski definition) is 5. The lowest BCUT2D eigenvalue weighted by Crippen LogP contribution is -2.44. The van der Waals surface area contributed by atoms with Gasteiger partial charge in [0.05, 0.1) is 6.54 Å². The van der Waals surface area contributed by atoms with Crippen LogP contribution >= 0.6 is 0 Å². The van der Waals surface area contributed by atoms with E-state index in [0.29, 0.717) is 17.7 Å². The number of anilines is 1. The SMILES string of the molecule is Cc1ccc(Cn2c(N3CCNCC3)nc3c2c(=O)n(C)c(=O)n3C)cc1. The van der Waals surface area contributed by atoms with Gasteiger partial charge in [-0.3, -0.25) is 18.5 Å². The van der Waals surface area contributed by atoms with Gasteiger partial charge < -0.3 is 10.2 Å². The molecule has 0 aliphatic carbocycles. The molecular formula is C19H24N6O2. The first-order chi connectivity index (χ1) is 13.0. The summed E-state index contributed by atoms with van der Waals surface area (Å²) in [6.07, 6.45) is 0. The minimum atomic E-state index is -0.362. The molecule has 1 fully saturated rings. The molecule has 1 aromatic carbocycles. The molecule has 1 aliphatic heterocycles. The zero-order valence-corrected chi connectivity index (χ0v) is 15.9. The van der Waals surface area contributed by atoms with Crippen LogP contribution in [0.4, 0.5) is 5.95 Å². The van der Waals surface area contributed by atoms with E-state index in [-0.39, 0.29) is 11.2 Å². The third kappa shape index (κ3) is 2.95. The van der Waals surface area contributed by atoms with Crippen LogP contribution in [0.3, 0.4) is 0 Å². The average molecular weight is 368 g/mol. The Bertz CT molecular complexity index is 1100. The number of piperazine rings is 1. The lowest BCUT2D eigenvalue weighted by atomic mass is 10.1. The molecule has 0 radical (unpaired) electrons. The molecule has 0 bridgehead atoms. The monoisotopic (exact) mass is 368 g/mol. The second-order valence-corrected chi connectivity index (χ2v) is 7.10. The first-order valence-electron chi connectivity index (χ1n) is 9.15. The van der Waals surface area contributed by atoms with Gasteiger partial charge in [0.2, 0.25) is 5.95 Å². The molecule has 27 heavy (non-hydrogen) atoms. The third-order valence-corrected chi connectivity index (χ3v) is 5.19. The number of aryl methyl sites for hydroxylation is 2. The fraction of sp³-hybridized carbons (Fsp3) is 0.421. The molecule has 2 aromatic heterocycles. The van der Waals surface area contributed by atoms with Crippen LogP contribution in [0, 0.1) is 6.92 Å². The molecule has 8 heteroatoms. The van der Waals surface area contributed by atoms with Crippen molar-refractivity contribution in [3.63, 3.8) is 0 Å². The van der Waals surface area contributed by atoms with Gasteiger partial charge in [0.25, 0.3) is 5.56 Å². The molecule has 1 aliphatic rings. The molecule has 8 nitrogen and oxygen atoms in total. The van der Waals surface area contributed by atoms with Crippen molar-refractivity contribution in [2.24, 2.45) is 14.1 Å². The van der Waals surface area contributed by atoms with Gasteiger partial charge in [0.15, 0.2) is 11.2 Å². The quantitative estimate of drug-likeness (QED) is 0.715. The maximum absolute atomic E-state index is 12.9. The molecular weight excluding hydrogens is 344 g/mol. The topological polar surface area (TPSA) is 77.1 Å². The number of imidazole rings is 1. The molecule has 0 saturated carbocycles. The van der Waals surface area contributed by atoms with E-state index in [1.165, 1.54) is 17.2 Å². The molecule has 0 unspecified atom stereocenters. The van der Waals surface area contributed by atoms with Crippen molar-refractivity contribution in [2.45, 2.75) is 13.5 Å². The van der Waals surface area contributed by atoms with E-state index in [4.69, 9.17) is 4.98 Å². The van der Waals surface area contributed by atoms with Crippen molar-refractivity contribution < 1.29 is 0 Å². The Morgan fingerprint density at radius 1 is 1.04 bits per heavy atom. The van der Waals surface area contributed by atoms with E-state index in [0.717, 1.165) is 42.3 Å². The molecule has 0 atom stereocenters. The third-order valence-electron chi connectivity index (χ3n) is 5.19. The van der Waals surface area contributed by atoms with Crippen molar-refractivity contribution in [1.82, 2.24) is 24.0 Å². The molecule has 4 rings (SSSR count).